The Hall–Kier alpha value is -2.34. The molecule has 0 aliphatic heterocycles. The third-order valence-electron chi connectivity index (χ3n) is 6.00. The van der Waals surface area contributed by atoms with E-state index in [2.05, 4.69) is 88.4 Å². The van der Waals surface area contributed by atoms with Gasteiger partial charge in [0.2, 0.25) is 0 Å². The molecule has 0 saturated heterocycles. The van der Waals surface area contributed by atoms with E-state index in [0.29, 0.717) is 0 Å². The minimum atomic E-state index is 0.0464. The topological polar surface area (TPSA) is 0 Å². The molecule has 3 aliphatic carbocycles. The van der Waals surface area contributed by atoms with Crippen molar-refractivity contribution in [3.05, 3.63) is 87.3 Å². The number of hydrogen-bond donors (Lipinski definition) is 0. The molecule has 0 heterocycles. The van der Waals surface area contributed by atoms with Crippen molar-refractivity contribution in [1.29, 1.82) is 0 Å². The summed E-state index contributed by atoms with van der Waals surface area (Å²) in [5.41, 5.74) is 8.89. The summed E-state index contributed by atoms with van der Waals surface area (Å²) >= 11 is 0. The van der Waals surface area contributed by atoms with Crippen LogP contribution in [0.4, 0.5) is 0 Å². The van der Waals surface area contributed by atoms with Crippen LogP contribution in [0.3, 0.4) is 0 Å². The largest absolute Gasteiger partial charge is 0.0662 e. The number of fused-ring (bicyclic) bond motifs is 5. The van der Waals surface area contributed by atoms with Crippen molar-refractivity contribution in [3.63, 3.8) is 0 Å². The minimum absolute atomic E-state index is 0.0464. The molecule has 0 radical (unpaired) electrons. The number of rotatable bonds is 0. The van der Waals surface area contributed by atoms with E-state index in [0.717, 1.165) is 0 Å². The molecule has 0 unspecified atom stereocenters. The molecule has 0 fully saturated rings. The summed E-state index contributed by atoms with van der Waals surface area (Å²) in [4.78, 5) is 0. The summed E-state index contributed by atoms with van der Waals surface area (Å²) < 4.78 is 0. The summed E-state index contributed by atoms with van der Waals surface area (Å²) in [6.07, 6.45) is 4.92. The zero-order chi connectivity index (χ0) is 16.7. The van der Waals surface area contributed by atoms with Gasteiger partial charge in [-0.05, 0) is 49.9 Å². The summed E-state index contributed by atoms with van der Waals surface area (Å²) in [6.45, 7) is 9.47. The fourth-order valence-electron chi connectivity index (χ4n) is 5.05. The molecule has 0 spiro atoms. The smallest absolute Gasteiger partial charge is 0.0164 e. The van der Waals surface area contributed by atoms with Gasteiger partial charge in [-0.2, -0.15) is 0 Å². The van der Waals surface area contributed by atoms with Gasteiger partial charge >= 0.3 is 0 Å². The predicted molar refractivity (Wildman–Crippen MR) is 102 cm³/mol. The molecule has 118 valence electrons. The van der Waals surface area contributed by atoms with Crippen LogP contribution in [-0.4, -0.2) is 0 Å². The molecule has 0 bridgehead atoms. The number of allylic oxidation sites excluding steroid dienone is 4. The Morgan fingerprint density at radius 3 is 2.29 bits per heavy atom. The van der Waals surface area contributed by atoms with E-state index in [4.69, 9.17) is 0 Å². The molecule has 0 nitrogen and oxygen atoms in total. The Morgan fingerprint density at radius 1 is 0.750 bits per heavy atom. The van der Waals surface area contributed by atoms with Gasteiger partial charge in [0.15, 0.2) is 0 Å². The van der Waals surface area contributed by atoms with Crippen molar-refractivity contribution in [2.24, 2.45) is 5.41 Å². The molecule has 2 aromatic carbocycles. The monoisotopic (exact) mass is 310 g/mol. The Labute approximate surface area is 143 Å². The average Bonchev–Trinajstić information content (AvgIpc) is 3.02. The van der Waals surface area contributed by atoms with Gasteiger partial charge in [-0.3, -0.25) is 0 Å². The normalized spacial score (nSPS) is 21.5. The lowest BCUT2D eigenvalue weighted by molar-refractivity contribution is 0.623. The first-order valence-corrected chi connectivity index (χ1v) is 8.81. The highest BCUT2D eigenvalue weighted by Crippen LogP contribution is 2.58. The molecule has 24 heavy (non-hydrogen) atoms. The molecule has 0 atom stereocenters. The molecule has 0 amide bonds. The molecular weight excluding hydrogens is 288 g/mol. The maximum atomic E-state index is 2.50. The lowest BCUT2D eigenvalue weighted by atomic mass is 9.69. The van der Waals surface area contributed by atoms with Crippen LogP contribution in [0.15, 0.2) is 65.8 Å². The molecule has 0 heteroatoms. The summed E-state index contributed by atoms with van der Waals surface area (Å²) in [5.74, 6) is 0. The number of hydrogen-bond acceptors (Lipinski definition) is 0. The highest BCUT2D eigenvalue weighted by molar-refractivity contribution is 6.02. The van der Waals surface area contributed by atoms with Crippen LogP contribution in [0, 0.1) is 5.41 Å². The van der Waals surface area contributed by atoms with Gasteiger partial charge in [-0.1, -0.05) is 82.3 Å². The molecule has 2 aromatic rings. The molecule has 3 aliphatic rings. The van der Waals surface area contributed by atoms with Crippen LogP contribution >= 0.6 is 0 Å². The molecule has 0 aromatic heterocycles. The first-order chi connectivity index (χ1) is 11.4. The van der Waals surface area contributed by atoms with Crippen molar-refractivity contribution in [2.45, 2.75) is 33.1 Å². The third-order valence-corrected chi connectivity index (χ3v) is 6.00. The van der Waals surface area contributed by atoms with E-state index in [1.165, 1.54) is 43.9 Å². The number of benzene rings is 2. The van der Waals surface area contributed by atoms with Crippen molar-refractivity contribution >= 4 is 17.2 Å². The Balaban J connectivity index is 1.97. The van der Waals surface area contributed by atoms with E-state index in [-0.39, 0.29) is 10.8 Å². The van der Waals surface area contributed by atoms with Crippen molar-refractivity contribution in [2.75, 3.05) is 0 Å². The van der Waals surface area contributed by atoms with E-state index >= 15 is 0 Å². The maximum absolute atomic E-state index is 2.50. The van der Waals surface area contributed by atoms with Crippen molar-refractivity contribution in [1.82, 2.24) is 0 Å². The third kappa shape index (κ3) is 1.54. The fourth-order valence-corrected chi connectivity index (χ4v) is 5.05. The van der Waals surface area contributed by atoms with Gasteiger partial charge in [0.1, 0.15) is 0 Å². The van der Waals surface area contributed by atoms with Gasteiger partial charge in [-0.15, -0.1) is 0 Å². The quantitative estimate of drug-likeness (QED) is 0.679. The van der Waals surface area contributed by atoms with Gasteiger partial charge in [0.05, 0.1) is 0 Å². The second-order valence-corrected chi connectivity index (χ2v) is 8.35. The second-order valence-electron chi connectivity index (χ2n) is 8.35. The summed E-state index contributed by atoms with van der Waals surface area (Å²) in [7, 11) is 0. The Kier molecular flexibility index (Phi) is 2.45. The zero-order valence-electron chi connectivity index (χ0n) is 14.8. The lowest BCUT2D eigenvalue weighted by Crippen LogP contribution is -2.29. The van der Waals surface area contributed by atoms with E-state index in [1.807, 2.05) is 0 Å². The first kappa shape index (κ1) is 14.0. The minimum Gasteiger partial charge on any atom is -0.0662 e. The van der Waals surface area contributed by atoms with Crippen LogP contribution < -0.4 is 10.4 Å². The van der Waals surface area contributed by atoms with Crippen LogP contribution in [0.1, 0.15) is 38.8 Å². The second kappa shape index (κ2) is 4.19. The van der Waals surface area contributed by atoms with Gasteiger partial charge < -0.3 is 0 Å². The SMILES string of the molecule is CC1(C)C=C2C(=C3C=c4ccccc4=C31)C(C)(C)c1ccccc12. The molecule has 5 rings (SSSR count). The summed E-state index contributed by atoms with van der Waals surface area (Å²) in [6, 6.07) is 17.8. The summed E-state index contributed by atoms with van der Waals surface area (Å²) in [5, 5.41) is 2.77. The van der Waals surface area contributed by atoms with E-state index in [1.54, 1.807) is 0 Å². The fraction of sp³-hybridized carbons (Fsp3) is 0.250. The molecule has 0 saturated carbocycles. The van der Waals surface area contributed by atoms with Crippen LogP contribution in [0.2, 0.25) is 0 Å². The van der Waals surface area contributed by atoms with Gasteiger partial charge in [-0.25, -0.2) is 0 Å². The van der Waals surface area contributed by atoms with Crippen molar-refractivity contribution < 1.29 is 0 Å². The zero-order valence-corrected chi connectivity index (χ0v) is 14.8. The van der Waals surface area contributed by atoms with Gasteiger partial charge in [0.25, 0.3) is 0 Å². The van der Waals surface area contributed by atoms with E-state index in [9.17, 15) is 0 Å². The maximum Gasteiger partial charge on any atom is 0.0164 e. The van der Waals surface area contributed by atoms with Crippen LogP contribution in [0.25, 0.3) is 17.2 Å². The Bertz CT molecular complexity index is 1080. The van der Waals surface area contributed by atoms with Crippen LogP contribution in [0.5, 0.6) is 0 Å². The molecular formula is C24H22. The average molecular weight is 310 g/mol. The van der Waals surface area contributed by atoms with Crippen molar-refractivity contribution in [3.8, 4) is 0 Å². The van der Waals surface area contributed by atoms with Crippen LogP contribution in [-0.2, 0) is 5.41 Å². The Morgan fingerprint density at radius 2 is 1.46 bits per heavy atom. The van der Waals surface area contributed by atoms with E-state index < -0.39 is 0 Å². The highest BCUT2D eigenvalue weighted by atomic mass is 14.5. The standard InChI is InChI=1S/C24H22/c1-23(2)14-19-17-11-7-8-12-20(17)24(3,4)22(19)18-13-15-9-5-6-10-16(15)21(18)23/h5-14H,1-4H3. The molecule has 0 N–H and O–H groups in total. The lowest BCUT2D eigenvalue weighted by Gasteiger charge is -2.34. The van der Waals surface area contributed by atoms with Gasteiger partial charge in [0, 0.05) is 10.8 Å². The predicted octanol–water partition coefficient (Wildman–Crippen LogP) is 4.34. The first-order valence-electron chi connectivity index (χ1n) is 8.81. The highest BCUT2D eigenvalue weighted by Gasteiger charge is 2.45.